The maximum Gasteiger partial charge on any atom is 0.454 e. The lowest BCUT2D eigenvalue weighted by Gasteiger charge is -2.18. The normalized spacial score (nSPS) is 17.4. The third-order valence-electron chi connectivity index (χ3n) is 2.74. The molecule has 108 valence electrons. The summed E-state index contributed by atoms with van der Waals surface area (Å²) in [5.74, 6) is -1.71. The predicted molar refractivity (Wildman–Crippen MR) is 66.8 cm³/mol. The van der Waals surface area contributed by atoms with Crippen LogP contribution in [0.25, 0.3) is 0 Å². The fourth-order valence-electron chi connectivity index (χ4n) is 1.78. The van der Waals surface area contributed by atoms with Crippen LogP contribution in [0.2, 0.25) is 5.15 Å². The molecule has 0 amide bonds. The summed E-state index contributed by atoms with van der Waals surface area (Å²) < 4.78 is 36.7. The first kappa shape index (κ1) is 14.6. The Morgan fingerprint density at radius 2 is 2.25 bits per heavy atom. The number of carbonyl (C=O) groups is 1. The van der Waals surface area contributed by atoms with E-state index in [1.807, 2.05) is 0 Å². The molecule has 0 atom stereocenters. The highest BCUT2D eigenvalue weighted by atomic mass is 35.5. The first-order valence-corrected chi connectivity index (χ1v) is 6.16. The van der Waals surface area contributed by atoms with Crippen molar-refractivity contribution in [2.75, 3.05) is 13.1 Å². The third kappa shape index (κ3) is 3.63. The van der Waals surface area contributed by atoms with Gasteiger partial charge in [-0.1, -0.05) is 17.7 Å². The van der Waals surface area contributed by atoms with Crippen LogP contribution in [-0.2, 0) is 11.3 Å². The Morgan fingerprint density at radius 1 is 1.50 bits per heavy atom. The highest BCUT2D eigenvalue weighted by Gasteiger charge is 2.37. The van der Waals surface area contributed by atoms with Crippen molar-refractivity contribution in [2.24, 2.45) is 0 Å². The van der Waals surface area contributed by atoms with Crippen molar-refractivity contribution in [2.45, 2.75) is 12.7 Å². The van der Waals surface area contributed by atoms with E-state index in [9.17, 15) is 18.0 Å². The smallest absolute Gasteiger partial charge is 0.370 e. The van der Waals surface area contributed by atoms with Gasteiger partial charge in [-0.3, -0.25) is 4.79 Å². The molecular weight excluding hydrogens is 295 g/mol. The van der Waals surface area contributed by atoms with Gasteiger partial charge in [-0.2, -0.15) is 13.2 Å². The van der Waals surface area contributed by atoms with Crippen molar-refractivity contribution in [3.8, 4) is 0 Å². The molecule has 2 rings (SSSR count). The SMILES string of the molecule is O=C(/C=C1\NCCN1Cc1ccc(Cl)nc1)C(F)(F)F. The molecule has 1 aliphatic rings. The Kier molecular flexibility index (Phi) is 4.17. The summed E-state index contributed by atoms with van der Waals surface area (Å²) in [7, 11) is 0. The zero-order valence-electron chi connectivity index (χ0n) is 10.2. The molecule has 1 aromatic rings. The number of allylic oxidation sites excluding steroid dienone is 1. The van der Waals surface area contributed by atoms with Crippen molar-refractivity contribution >= 4 is 17.4 Å². The van der Waals surface area contributed by atoms with Crippen molar-refractivity contribution < 1.29 is 18.0 Å². The Hall–Kier alpha value is -1.76. The molecule has 8 heteroatoms. The molecule has 2 heterocycles. The van der Waals surface area contributed by atoms with E-state index in [4.69, 9.17) is 11.6 Å². The number of halogens is 4. The van der Waals surface area contributed by atoms with Crippen LogP contribution in [0.4, 0.5) is 13.2 Å². The molecule has 0 bridgehead atoms. The van der Waals surface area contributed by atoms with Crippen molar-refractivity contribution in [3.63, 3.8) is 0 Å². The summed E-state index contributed by atoms with van der Waals surface area (Å²) in [5.41, 5.74) is 0.795. The Bertz CT molecular complexity index is 528. The van der Waals surface area contributed by atoms with Crippen LogP contribution in [0.15, 0.2) is 30.2 Å². The van der Waals surface area contributed by atoms with Crippen LogP contribution in [0.1, 0.15) is 5.56 Å². The Balaban J connectivity index is 2.09. The molecule has 1 fully saturated rings. The summed E-state index contributed by atoms with van der Waals surface area (Å²) in [5, 5.41) is 3.10. The predicted octanol–water partition coefficient (Wildman–Crippen LogP) is 2.11. The van der Waals surface area contributed by atoms with Gasteiger partial charge in [-0.15, -0.1) is 0 Å². The van der Waals surface area contributed by atoms with Gasteiger partial charge in [0, 0.05) is 31.9 Å². The first-order chi connectivity index (χ1) is 9.36. The summed E-state index contributed by atoms with van der Waals surface area (Å²) in [6.07, 6.45) is -2.73. The lowest BCUT2D eigenvalue weighted by molar-refractivity contribution is -0.165. The zero-order valence-corrected chi connectivity index (χ0v) is 11.0. The lowest BCUT2D eigenvalue weighted by Crippen LogP contribution is -2.25. The highest BCUT2D eigenvalue weighted by molar-refractivity contribution is 6.29. The minimum absolute atomic E-state index is 0.169. The Labute approximate surface area is 118 Å². The molecule has 1 aliphatic heterocycles. The van der Waals surface area contributed by atoms with Gasteiger partial charge in [-0.25, -0.2) is 4.98 Å². The number of hydrogen-bond acceptors (Lipinski definition) is 4. The van der Waals surface area contributed by atoms with E-state index in [1.54, 1.807) is 23.2 Å². The molecule has 0 spiro atoms. The molecule has 0 aliphatic carbocycles. The Morgan fingerprint density at radius 3 is 2.85 bits per heavy atom. The molecule has 0 saturated carbocycles. The van der Waals surface area contributed by atoms with Crippen LogP contribution >= 0.6 is 11.6 Å². The van der Waals surface area contributed by atoms with E-state index in [2.05, 4.69) is 10.3 Å². The second-order valence-electron chi connectivity index (χ2n) is 4.23. The minimum Gasteiger partial charge on any atom is -0.370 e. The maximum absolute atomic E-state index is 12.2. The number of carbonyl (C=O) groups excluding carboxylic acids is 1. The summed E-state index contributed by atoms with van der Waals surface area (Å²) in [6, 6.07) is 3.33. The molecule has 0 radical (unpaired) electrons. The molecule has 1 saturated heterocycles. The number of nitrogens with zero attached hydrogens (tertiary/aromatic N) is 2. The fourth-order valence-corrected chi connectivity index (χ4v) is 1.90. The first-order valence-electron chi connectivity index (χ1n) is 5.78. The second kappa shape index (κ2) is 5.70. The van der Waals surface area contributed by atoms with Crippen molar-refractivity contribution in [3.05, 3.63) is 40.9 Å². The van der Waals surface area contributed by atoms with Gasteiger partial charge >= 0.3 is 6.18 Å². The number of pyridine rings is 1. The molecular formula is C12H11ClF3N3O. The lowest BCUT2D eigenvalue weighted by atomic mass is 10.2. The van der Waals surface area contributed by atoms with E-state index < -0.39 is 12.0 Å². The molecule has 1 aromatic heterocycles. The van der Waals surface area contributed by atoms with E-state index in [-0.39, 0.29) is 5.82 Å². The van der Waals surface area contributed by atoms with Gasteiger partial charge in [0.15, 0.2) is 0 Å². The zero-order chi connectivity index (χ0) is 14.8. The average molecular weight is 306 g/mol. The molecule has 20 heavy (non-hydrogen) atoms. The van der Waals surface area contributed by atoms with E-state index in [0.29, 0.717) is 30.9 Å². The van der Waals surface area contributed by atoms with E-state index >= 15 is 0 Å². The monoisotopic (exact) mass is 305 g/mol. The quantitative estimate of drug-likeness (QED) is 0.686. The van der Waals surface area contributed by atoms with E-state index in [0.717, 1.165) is 5.56 Å². The van der Waals surface area contributed by atoms with E-state index in [1.165, 1.54) is 0 Å². The summed E-state index contributed by atoms with van der Waals surface area (Å²) >= 11 is 5.66. The van der Waals surface area contributed by atoms with Gasteiger partial charge in [0.1, 0.15) is 11.0 Å². The minimum atomic E-state index is -4.86. The number of rotatable bonds is 3. The molecule has 4 nitrogen and oxygen atoms in total. The molecule has 0 aromatic carbocycles. The van der Waals surface area contributed by atoms with Crippen molar-refractivity contribution in [1.29, 1.82) is 0 Å². The van der Waals surface area contributed by atoms with Crippen LogP contribution in [0.5, 0.6) is 0 Å². The van der Waals surface area contributed by atoms with Crippen LogP contribution in [0, 0.1) is 0 Å². The molecule has 0 unspecified atom stereocenters. The second-order valence-corrected chi connectivity index (χ2v) is 4.62. The van der Waals surface area contributed by atoms with Gasteiger partial charge in [0.05, 0.1) is 0 Å². The van der Waals surface area contributed by atoms with Crippen molar-refractivity contribution in [1.82, 2.24) is 15.2 Å². The largest absolute Gasteiger partial charge is 0.454 e. The van der Waals surface area contributed by atoms with Gasteiger partial charge in [0.25, 0.3) is 5.78 Å². The summed E-state index contributed by atoms with van der Waals surface area (Å²) in [6.45, 7) is 1.35. The van der Waals surface area contributed by atoms with Gasteiger partial charge in [0.2, 0.25) is 0 Å². The summed E-state index contributed by atoms with van der Waals surface area (Å²) in [4.78, 5) is 16.5. The average Bonchev–Trinajstić information content (AvgIpc) is 2.78. The van der Waals surface area contributed by atoms with Gasteiger partial charge < -0.3 is 10.2 Å². The van der Waals surface area contributed by atoms with Gasteiger partial charge in [-0.05, 0) is 11.6 Å². The topological polar surface area (TPSA) is 45.2 Å². The number of nitrogens with one attached hydrogen (secondary N) is 1. The molecule has 1 N–H and O–H groups in total. The number of hydrogen-bond donors (Lipinski definition) is 1. The van der Waals surface area contributed by atoms with Crippen LogP contribution in [-0.4, -0.2) is 34.9 Å². The maximum atomic E-state index is 12.2. The number of ketones is 1. The number of alkyl halides is 3. The standard InChI is InChI=1S/C12H11ClF3N3O/c13-10-2-1-8(6-18-10)7-19-4-3-17-11(19)5-9(20)12(14,15)16/h1-2,5-6,17H,3-4,7H2/b11-5+. The number of aromatic nitrogens is 1. The third-order valence-corrected chi connectivity index (χ3v) is 2.96. The fraction of sp³-hybridized carbons (Fsp3) is 0.333. The van der Waals surface area contributed by atoms with Crippen LogP contribution in [0.3, 0.4) is 0 Å². The highest BCUT2D eigenvalue weighted by Crippen LogP contribution is 2.20. The van der Waals surface area contributed by atoms with Crippen LogP contribution < -0.4 is 5.32 Å².